The van der Waals surface area contributed by atoms with Crippen molar-refractivity contribution in [1.82, 2.24) is 0 Å². The summed E-state index contributed by atoms with van der Waals surface area (Å²) < 4.78 is 84.7. The first-order valence-corrected chi connectivity index (χ1v) is 12.6. The molecule has 0 aromatic heterocycles. The van der Waals surface area contributed by atoms with Gasteiger partial charge in [0.25, 0.3) is 0 Å². The Bertz CT molecular complexity index is 1340. The van der Waals surface area contributed by atoms with E-state index in [1.54, 1.807) is 0 Å². The fourth-order valence-electron chi connectivity index (χ4n) is 4.49. The first-order valence-electron chi connectivity index (χ1n) is 11.0. The maximum atomic E-state index is 13.9. The number of fused-ring (bicyclic) bond motifs is 1. The summed E-state index contributed by atoms with van der Waals surface area (Å²) >= 11 is 0. The number of hydrogen-bond donors (Lipinski definition) is 0. The van der Waals surface area contributed by atoms with Crippen LogP contribution in [0.15, 0.2) is 60.7 Å². The third-order valence-corrected chi connectivity index (χ3v) is 6.75. The summed E-state index contributed by atoms with van der Waals surface area (Å²) in [7, 11) is -4.61. The Morgan fingerprint density at radius 3 is 2.37 bits per heavy atom. The minimum absolute atomic E-state index is 0.248. The van der Waals surface area contributed by atoms with Crippen LogP contribution < -0.4 is 4.74 Å². The molecule has 3 aromatic rings. The van der Waals surface area contributed by atoms with Crippen LogP contribution in [0.4, 0.5) is 13.2 Å². The Kier molecular flexibility index (Phi) is 6.79. The van der Waals surface area contributed by atoms with Crippen molar-refractivity contribution in [2.75, 3.05) is 12.4 Å². The predicted molar refractivity (Wildman–Crippen MR) is 121 cm³/mol. The van der Waals surface area contributed by atoms with E-state index in [1.807, 2.05) is 42.5 Å². The number of benzene rings is 3. The summed E-state index contributed by atoms with van der Waals surface area (Å²) in [6.45, 7) is -0.707. The molecular formula is C25H22F3O6S-. The van der Waals surface area contributed by atoms with Gasteiger partial charge in [0, 0.05) is 5.56 Å². The molecule has 0 atom stereocenters. The molecule has 6 nitrogen and oxygen atoms in total. The van der Waals surface area contributed by atoms with E-state index in [4.69, 9.17) is 9.47 Å². The van der Waals surface area contributed by atoms with Crippen LogP contribution in [-0.2, 0) is 26.6 Å². The van der Waals surface area contributed by atoms with E-state index >= 15 is 0 Å². The van der Waals surface area contributed by atoms with Gasteiger partial charge in [0.15, 0.2) is 0 Å². The van der Waals surface area contributed by atoms with Gasteiger partial charge in [-0.05, 0) is 54.7 Å². The second-order valence-electron chi connectivity index (χ2n) is 8.44. The maximum Gasteiger partial charge on any atom is 0.419 e. The van der Waals surface area contributed by atoms with Crippen LogP contribution in [0.25, 0.3) is 10.8 Å². The van der Waals surface area contributed by atoms with Crippen molar-refractivity contribution in [1.29, 1.82) is 0 Å². The topological polar surface area (TPSA) is 92.7 Å². The van der Waals surface area contributed by atoms with Crippen LogP contribution >= 0.6 is 0 Å². The Balaban J connectivity index is 1.74. The highest BCUT2D eigenvalue weighted by Gasteiger charge is 2.42. The zero-order valence-corrected chi connectivity index (χ0v) is 19.3. The second-order valence-corrected chi connectivity index (χ2v) is 9.96. The van der Waals surface area contributed by atoms with Crippen molar-refractivity contribution >= 4 is 26.9 Å². The van der Waals surface area contributed by atoms with Gasteiger partial charge in [-0.3, -0.25) is 0 Å². The third-order valence-electron chi connectivity index (χ3n) is 6.09. The highest BCUT2D eigenvalue weighted by molar-refractivity contribution is 7.85. The average Bonchev–Trinajstić information content (AvgIpc) is 3.26. The molecule has 3 aromatic carbocycles. The van der Waals surface area contributed by atoms with Crippen LogP contribution in [0.3, 0.4) is 0 Å². The van der Waals surface area contributed by atoms with Crippen LogP contribution in [-0.4, -0.2) is 31.3 Å². The van der Waals surface area contributed by atoms with Gasteiger partial charge in [-0.25, -0.2) is 13.2 Å². The lowest BCUT2D eigenvalue weighted by molar-refractivity contribution is -0.140. The highest BCUT2D eigenvalue weighted by atomic mass is 32.2. The van der Waals surface area contributed by atoms with E-state index in [1.165, 1.54) is 0 Å². The molecule has 10 heteroatoms. The molecule has 1 fully saturated rings. The molecule has 0 amide bonds. The molecule has 186 valence electrons. The van der Waals surface area contributed by atoms with Gasteiger partial charge in [0.1, 0.15) is 18.0 Å². The first kappa shape index (κ1) is 25.0. The lowest BCUT2D eigenvalue weighted by atomic mass is 9.87. The number of esters is 1. The number of rotatable bonds is 7. The normalized spacial score (nSPS) is 15.8. The van der Waals surface area contributed by atoms with Crippen LogP contribution in [0.5, 0.6) is 5.75 Å². The summed E-state index contributed by atoms with van der Waals surface area (Å²) in [5.41, 5.74) is -1.54. The van der Waals surface area contributed by atoms with Crippen molar-refractivity contribution < 1.29 is 40.4 Å². The zero-order valence-electron chi connectivity index (χ0n) is 18.5. The van der Waals surface area contributed by atoms with Crippen molar-refractivity contribution in [3.63, 3.8) is 0 Å². The Morgan fingerprint density at radius 2 is 1.69 bits per heavy atom. The average molecular weight is 508 g/mol. The fraction of sp³-hybridized carbons (Fsp3) is 0.320. The van der Waals surface area contributed by atoms with E-state index in [2.05, 4.69) is 0 Å². The quantitative estimate of drug-likeness (QED) is 0.314. The lowest BCUT2D eigenvalue weighted by Crippen LogP contribution is -2.31. The summed E-state index contributed by atoms with van der Waals surface area (Å²) in [5.74, 6) is -2.51. The minimum atomic E-state index is -4.74. The molecule has 1 aliphatic rings. The SMILES string of the molecule is O=C(OCCS(=O)(=O)[O-])c1ccc(C(F)(F)F)c(OC2(c3cccc4ccccc34)CCCC2)c1. The third kappa shape index (κ3) is 5.59. The lowest BCUT2D eigenvalue weighted by Gasteiger charge is -2.33. The van der Waals surface area contributed by atoms with E-state index < -0.39 is 51.5 Å². The predicted octanol–water partition coefficient (Wildman–Crippen LogP) is 5.41. The maximum absolute atomic E-state index is 13.9. The molecule has 0 aliphatic heterocycles. The molecule has 0 radical (unpaired) electrons. The van der Waals surface area contributed by atoms with E-state index in [-0.39, 0.29) is 5.56 Å². The molecule has 0 saturated heterocycles. The molecule has 1 aliphatic carbocycles. The number of carbonyl (C=O) groups is 1. The summed E-state index contributed by atoms with van der Waals surface area (Å²) in [6, 6.07) is 15.8. The Hall–Kier alpha value is -3.11. The molecule has 0 spiro atoms. The van der Waals surface area contributed by atoms with Gasteiger partial charge >= 0.3 is 12.1 Å². The standard InChI is InChI=1S/C25H23F3O6S/c26-25(27,28)21-11-10-18(23(29)33-14-15-35(30,31)32)16-22(21)34-24(12-3-4-13-24)20-9-5-7-17-6-1-2-8-19(17)20/h1-2,5-11,16H,3-4,12-15H2,(H,30,31,32)/p-1. The molecule has 0 N–H and O–H groups in total. The minimum Gasteiger partial charge on any atom is -0.748 e. The molecule has 0 unspecified atom stereocenters. The van der Waals surface area contributed by atoms with Gasteiger partial charge in [-0.15, -0.1) is 0 Å². The Labute approximate surface area is 200 Å². The fourth-order valence-corrected chi connectivity index (χ4v) is 4.78. The smallest absolute Gasteiger partial charge is 0.419 e. The molecule has 4 rings (SSSR count). The number of ether oxygens (including phenoxy) is 2. The highest BCUT2D eigenvalue weighted by Crippen LogP contribution is 2.47. The van der Waals surface area contributed by atoms with Crippen molar-refractivity contribution in [2.45, 2.75) is 37.5 Å². The van der Waals surface area contributed by atoms with Gasteiger partial charge in [0.2, 0.25) is 0 Å². The van der Waals surface area contributed by atoms with Gasteiger partial charge in [0.05, 0.1) is 27.0 Å². The van der Waals surface area contributed by atoms with Gasteiger partial charge in [-0.1, -0.05) is 42.5 Å². The number of carbonyl (C=O) groups excluding carboxylic acids is 1. The first-order chi connectivity index (χ1) is 16.5. The van der Waals surface area contributed by atoms with Crippen LogP contribution in [0.1, 0.15) is 47.2 Å². The summed E-state index contributed by atoms with van der Waals surface area (Å²) in [6.07, 6.45) is -2.23. The monoisotopic (exact) mass is 507 g/mol. The van der Waals surface area contributed by atoms with Gasteiger partial charge in [-0.2, -0.15) is 13.2 Å². The van der Waals surface area contributed by atoms with Crippen LogP contribution in [0, 0.1) is 0 Å². The van der Waals surface area contributed by atoms with Crippen molar-refractivity contribution in [2.24, 2.45) is 0 Å². The van der Waals surface area contributed by atoms with Crippen molar-refractivity contribution in [3.05, 3.63) is 77.4 Å². The Morgan fingerprint density at radius 1 is 1.00 bits per heavy atom. The largest absolute Gasteiger partial charge is 0.748 e. The second kappa shape index (κ2) is 9.50. The zero-order chi connectivity index (χ0) is 25.3. The molecular weight excluding hydrogens is 485 g/mol. The van der Waals surface area contributed by atoms with E-state index in [0.29, 0.717) is 12.8 Å². The van der Waals surface area contributed by atoms with Crippen LogP contribution in [0.2, 0.25) is 0 Å². The number of alkyl halides is 3. The van der Waals surface area contributed by atoms with E-state index in [9.17, 15) is 30.9 Å². The van der Waals surface area contributed by atoms with Gasteiger partial charge < -0.3 is 14.0 Å². The number of hydrogen-bond acceptors (Lipinski definition) is 6. The summed E-state index contributed by atoms with van der Waals surface area (Å²) in [5, 5.41) is 1.81. The number of halogens is 3. The molecule has 0 bridgehead atoms. The molecule has 0 heterocycles. The molecule has 35 heavy (non-hydrogen) atoms. The van der Waals surface area contributed by atoms with E-state index in [0.717, 1.165) is 47.4 Å². The summed E-state index contributed by atoms with van der Waals surface area (Å²) in [4.78, 5) is 12.3. The van der Waals surface area contributed by atoms with Crippen molar-refractivity contribution in [3.8, 4) is 5.75 Å². The molecule has 1 saturated carbocycles.